The van der Waals surface area contributed by atoms with Gasteiger partial charge in [0.15, 0.2) is 0 Å². The smallest absolute Gasteiger partial charge is 0.266 e. The minimum absolute atomic E-state index is 0.128. The lowest BCUT2D eigenvalue weighted by Gasteiger charge is -2.21. The lowest BCUT2D eigenvalue weighted by molar-refractivity contribution is 0.0722. The number of rotatable bonds is 5. The SMILES string of the molecule is Cc1cccc2cc(CN(Cc3ccco3)C(=O)c3sc4ccccc4c3Cl)c(=O)[nH]c12. The number of carbonyl (C=O) groups is 1. The van der Waals surface area contributed by atoms with Crippen molar-refractivity contribution >= 4 is 49.8 Å². The first-order valence-electron chi connectivity index (χ1n) is 10.1. The molecule has 5 rings (SSSR count). The topological polar surface area (TPSA) is 66.3 Å². The minimum atomic E-state index is -0.240. The molecule has 0 spiro atoms. The summed E-state index contributed by atoms with van der Waals surface area (Å²) in [5.74, 6) is 0.389. The van der Waals surface area contributed by atoms with E-state index in [4.69, 9.17) is 16.0 Å². The molecular formula is C25H19ClN2O3S. The Labute approximate surface area is 192 Å². The predicted molar refractivity (Wildman–Crippen MR) is 128 cm³/mol. The highest BCUT2D eigenvalue weighted by Gasteiger charge is 2.24. The van der Waals surface area contributed by atoms with Crippen molar-refractivity contribution in [3.63, 3.8) is 0 Å². The van der Waals surface area contributed by atoms with E-state index in [1.807, 2.05) is 55.5 Å². The maximum atomic E-state index is 13.6. The van der Waals surface area contributed by atoms with Crippen LogP contribution in [0.25, 0.3) is 21.0 Å². The summed E-state index contributed by atoms with van der Waals surface area (Å²) in [7, 11) is 0. The third kappa shape index (κ3) is 3.72. The van der Waals surface area contributed by atoms with Crippen LogP contribution in [0.2, 0.25) is 5.02 Å². The Morgan fingerprint density at radius 2 is 1.94 bits per heavy atom. The van der Waals surface area contributed by atoms with Gasteiger partial charge in [0, 0.05) is 15.6 Å². The molecule has 0 aliphatic rings. The number of benzene rings is 2. The number of nitrogens with one attached hydrogen (secondary N) is 1. The Balaban J connectivity index is 1.56. The average molecular weight is 463 g/mol. The van der Waals surface area contributed by atoms with Gasteiger partial charge in [-0.2, -0.15) is 0 Å². The number of furan rings is 1. The monoisotopic (exact) mass is 462 g/mol. The number of aromatic nitrogens is 1. The molecule has 3 heterocycles. The fraction of sp³-hybridized carbons (Fsp3) is 0.120. The first kappa shape index (κ1) is 20.5. The van der Waals surface area contributed by atoms with Crippen molar-refractivity contribution in [2.75, 3.05) is 0 Å². The van der Waals surface area contributed by atoms with E-state index in [1.54, 1.807) is 23.3 Å². The zero-order valence-corrected chi connectivity index (χ0v) is 18.8. The summed E-state index contributed by atoms with van der Waals surface area (Å²) in [6, 6.07) is 18.9. The molecule has 0 atom stereocenters. The summed E-state index contributed by atoms with van der Waals surface area (Å²) >= 11 is 7.93. The van der Waals surface area contributed by atoms with Crippen LogP contribution in [0.1, 0.15) is 26.6 Å². The van der Waals surface area contributed by atoms with Crippen LogP contribution >= 0.6 is 22.9 Å². The van der Waals surface area contributed by atoms with Crippen molar-refractivity contribution < 1.29 is 9.21 Å². The fourth-order valence-electron chi connectivity index (χ4n) is 3.84. The quantitative estimate of drug-likeness (QED) is 0.341. The van der Waals surface area contributed by atoms with E-state index in [9.17, 15) is 9.59 Å². The number of amides is 1. The van der Waals surface area contributed by atoms with Gasteiger partial charge in [0.05, 0.1) is 29.9 Å². The number of H-pyrrole nitrogens is 1. The molecule has 0 unspecified atom stereocenters. The number of hydrogen-bond acceptors (Lipinski definition) is 4. The summed E-state index contributed by atoms with van der Waals surface area (Å²) < 4.78 is 6.43. The van der Waals surface area contributed by atoms with Gasteiger partial charge in [0.1, 0.15) is 10.6 Å². The summed E-state index contributed by atoms with van der Waals surface area (Å²) in [5.41, 5.74) is 2.08. The maximum Gasteiger partial charge on any atom is 0.266 e. The molecule has 160 valence electrons. The molecule has 0 saturated carbocycles. The molecule has 0 saturated heterocycles. The number of hydrogen-bond donors (Lipinski definition) is 1. The Morgan fingerprint density at radius 1 is 1.09 bits per heavy atom. The van der Waals surface area contributed by atoms with Gasteiger partial charge in [-0.25, -0.2) is 0 Å². The molecule has 5 nitrogen and oxygen atoms in total. The standard InChI is InChI=1S/C25H19ClN2O3S/c1-15-6-4-7-16-12-17(24(29)27-22(15)16)13-28(14-18-8-5-11-31-18)25(30)23-21(26)19-9-2-3-10-20(19)32-23/h2-12H,13-14H2,1H3,(H,27,29). The van der Waals surface area contributed by atoms with Crippen molar-refractivity contribution in [2.24, 2.45) is 0 Å². The largest absolute Gasteiger partial charge is 0.467 e. The Morgan fingerprint density at radius 3 is 2.72 bits per heavy atom. The number of pyridine rings is 1. The first-order valence-corrected chi connectivity index (χ1v) is 11.3. The van der Waals surface area contributed by atoms with Crippen molar-refractivity contribution in [1.82, 2.24) is 9.88 Å². The van der Waals surface area contributed by atoms with Gasteiger partial charge in [-0.3, -0.25) is 9.59 Å². The molecule has 7 heteroatoms. The summed E-state index contributed by atoms with van der Waals surface area (Å²) in [4.78, 5) is 31.5. The van der Waals surface area contributed by atoms with E-state index < -0.39 is 0 Å². The molecule has 1 N–H and O–H groups in total. The van der Waals surface area contributed by atoms with Crippen LogP contribution in [0.4, 0.5) is 0 Å². The second-order valence-corrected chi connectivity index (χ2v) is 9.07. The van der Waals surface area contributed by atoms with Gasteiger partial charge < -0.3 is 14.3 Å². The molecule has 0 radical (unpaired) electrons. The van der Waals surface area contributed by atoms with E-state index in [0.29, 0.717) is 21.2 Å². The van der Waals surface area contributed by atoms with Gasteiger partial charge >= 0.3 is 0 Å². The number of fused-ring (bicyclic) bond motifs is 2. The molecule has 32 heavy (non-hydrogen) atoms. The predicted octanol–water partition coefficient (Wildman–Crippen LogP) is 6.14. The minimum Gasteiger partial charge on any atom is -0.467 e. The summed E-state index contributed by atoms with van der Waals surface area (Å²) in [6.45, 7) is 2.30. The van der Waals surface area contributed by atoms with Crippen LogP contribution in [-0.4, -0.2) is 15.8 Å². The Kier molecular flexibility index (Phi) is 5.33. The zero-order chi connectivity index (χ0) is 22.2. The first-order chi connectivity index (χ1) is 15.5. The number of aromatic amines is 1. The molecule has 0 bridgehead atoms. The highest BCUT2D eigenvalue weighted by molar-refractivity contribution is 7.21. The molecule has 2 aromatic carbocycles. The second-order valence-electron chi connectivity index (χ2n) is 7.64. The number of halogens is 1. The van der Waals surface area contributed by atoms with Gasteiger partial charge in [0.2, 0.25) is 0 Å². The number of nitrogens with zero attached hydrogens (tertiary/aromatic N) is 1. The summed E-state index contributed by atoms with van der Waals surface area (Å²) in [6.07, 6.45) is 1.57. The highest BCUT2D eigenvalue weighted by Crippen LogP contribution is 2.36. The van der Waals surface area contributed by atoms with Crippen LogP contribution in [0.3, 0.4) is 0 Å². The van der Waals surface area contributed by atoms with Crippen LogP contribution in [0, 0.1) is 6.92 Å². The number of para-hydroxylation sites is 1. The van der Waals surface area contributed by atoms with Crippen LogP contribution < -0.4 is 5.56 Å². The van der Waals surface area contributed by atoms with E-state index in [-0.39, 0.29) is 24.6 Å². The highest BCUT2D eigenvalue weighted by atomic mass is 35.5. The third-order valence-electron chi connectivity index (χ3n) is 5.47. The van der Waals surface area contributed by atoms with E-state index in [0.717, 1.165) is 26.6 Å². The van der Waals surface area contributed by atoms with Gasteiger partial charge in [-0.1, -0.05) is 48.0 Å². The van der Waals surface area contributed by atoms with Crippen LogP contribution in [0.5, 0.6) is 0 Å². The van der Waals surface area contributed by atoms with Crippen molar-refractivity contribution in [1.29, 1.82) is 0 Å². The van der Waals surface area contributed by atoms with E-state index >= 15 is 0 Å². The molecule has 0 aliphatic carbocycles. The third-order valence-corrected chi connectivity index (χ3v) is 7.13. The lowest BCUT2D eigenvalue weighted by atomic mass is 10.1. The van der Waals surface area contributed by atoms with Crippen LogP contribution in [-0.2, 0) is 13.1 Å². The lowest BCUT2D eigenvalue weighted by Crippen LogP contribution is -2.32. The van der Waals surface area contributed by atoms with E-state index in [2.05, 4.69) is 4.98 Å². The maximum absolute atomic E-state index is 13.6. The molecule has 1 amide bonds. The Bertz CT molecular complexity index is 1500. The number of aryl methyl sites for hydroxylation is 1. The van der Waals surface area contributed by atoms with Crippen LogP contribution in [0.15, 0.2) is 76.1 Å². The number of carbonyl (C=O) groups excluding carboxylic acids is 1. The normalized spacial score (nSPS) is 11.3. The molecule has 5 aromatic rings. The zero-order valence-electron chi connectivity index (χ0n) is 17.2. The van der Waals surface area contributed by atoms with Gasteiger partial charge in [-0.05, 0) is 42.1 Å². The van der Waals surface area contributed by atoms with Crippen molar-refractivity contribution in [3.05, 3.63) is 104 Å². The number of thiophene rings is 1. The average Bonchev–Trinajstić information content (AvgIpc) is 3.42. The second kappa shape index (κ2) is 8.30. The van der Waals surface area contributed by atoms with E-state index in [1.165, 1.54) is 11.3 Å². The van der Waals surface area contributed by atoms with Crippen molar-refractivity contribution in [3.8, 4) is 0 Å². The fourth-order valence-corrected chi connectivity index (χ4v) is 5.32. The Hall–Kier alpha value is -3.35. The van der Waals surface area contributed by atoms with Crippen molar-refractivity contribution in [2.45, 2.75) is 20.0 Å². The van der Waals surface area contributed by atoms with Gasteiger partial charge in [0.25, 0.3) is 11.5 Å². The molecule has 0 fully saturated rings. The summed E-state index contributed by atoms with van der Waals surface area (Å²) in [5, 5.41) is 2.20. The molecular weight excluding hydrogens is 444 g/mol. The van der Waals surface area contributed by atoms with Gasteiger partial charge in [-0.15, -0.1) is 11.3 Å². The molecule has 0 aliphatic heterocycles. The molecule has 3 aromatic heterocycles.